The normalized spacial score (nSPS) is 11.9. The van der Waals surface area contributed by atoms with Crippen LogP contribution in [0.1, 0.15) is 13.8 Å². The Bertz CT molecular complexity index is 1890. The second-order valence-corrected chi connectivity index (χ2v) is 10.3. The van der Waals surface area contributed by atoms with Crippen LogP contribution in [0.25, 0.3) is 60.4 Å². The predicted molar refractivity (Wildman–Crippen MR) is 157 cm³/mol. The van der Waals surface area contributed by atoms with Crippen LogP contribution in [-0.2, 0) is 0 Å². The summed E-state index contributed by atoms with van der Waals surface area (Å²) in [5.74, 6) is 0.628. The van der Waals surface area contributed by atoms with E-state index in [2.05, 4.69) is 133 Å². The third kappa shape index (κ3) is 3.35. The van der Waals surface area contributed by atoms with Crippen LogP contribution < -0.4 is 5.46 Å². The van der Waals surface area contributed by atoms with Crippen LogP contribution in [0.15, 0.2) is 109 Å². The molecule has 0 aliphatic heterocycles. The van der Waals surface area contributed by atoms with E-state index in [1.165, 1.54) is 65.9 Å². The second-order valence-electron chi connectivity index (χ2n) is 10.3. The van der Waals surface area contributed by atoms with Crippen molar-refractivity contribution in [2.45, 2.75) is 19.7 Å². The summed E-state index contributed by atoms with van der Waals surface area (Å²) in [6, 6.07) is 40.0. The number of rotatable bonds is 4. The maximum absolute atomic E-state index is 3.55. The van der Waals surface area contributed by atoms with Crippen molar-refractivity contribution < 1.29 is 0 Å². The number of H-pyrrole nitrogens is 1. The molecule has 172 valence electrons. The van der Waals surface area contributed by atoms with Gasteiger partial charge in [-0.1, -0.05) is 85.8 Å². The topological polar surface area (TPSA) is 20.7 Å². The highest BCUT2D eigenvalue weighted by atomic mass is 15.0. The number of nitrogens with one attached hydrogen (secondary N) is 1. The van der Waals surface area contributed by atoms with E-state index in [1.807, 2.05) is 0 Å². The molecule has 0 unspecified atom stereocenters. The Morgan fingerprint density at radius 1 is 0.583 bits per heavy atom. The maximum atomic E-state index is 3.55. The lowest BCUT2D eigenvalue weighted by molar-refractivity contribution is 1.07. The van der Waals surface area contributed by atoms with Gasteiger partial charge >= 0.3 is 0 Å². The molecule has 0 aliphatic rings. The fourth-order valence-corrected chi connectivity index (χ4v) is 5.73. The van der Waals surface area contributed by atoms with E-state index >= 15 is 0 Å². The first kappa shape index (κ1) is 21.1. The molecule has 7 rings (SSSR count). The van der Waals surface area contributed by atoms with E-state index < -0.39 is 0 Å². The first-order chi connectivity index (χ1) is 17.7. The Morgan fingerprint density at radius 2 is 1.22 bits per heavy atom. The van der Waals surface area contributed by atoms with Gasteiger partial charge in [0.15, 0.2) is 7.28 Å². The van der Waals surface area contributed by atoms with Gasteiger partial charge < -0.3 is 9.55 Å². The van der Waals surface area contributed by atoms with Crippen molar-refractivity contribution in [3.8, 4) is 16.8 Å². The van der Waals surface area contributed by atoms with Gasteiger partial charge in [0.1, 0.15) is 0 Å². The zero-order valence-corrected chi connectivity index (χ0v) is 20.6. The lowest BCUT2D eigenvalue weighted by Crippen LogP contribution is -2.16. The zero-order chi connectivity index (χ0) is 24.2. The summed E-state index contributed by atoms with van der Waals surface area (Å²) >= 11 is 0. The molecule has 1 N–H and O–H groups in total. The molecule has 0 bridgehead atoms. The van der Waals surface area contributed by atoms with Gasteiger partial charge in [0.2, 0.25) is 0 Å². The van der Waals surface area contributed by atoms with E-state index in [0.29, 0.717) is 5.82 Å². The summed E-state index contributed by atoms with van der Waals surface area (Å²) in [6.07, 6.45) is 0. The summed E-state index contributed by atoms with van der Waals surface area (Å²) in [6.45, 7) is 4.58. The van der Waals surface area contributed by atoms with E-state index in [9.17, 15) is 0 Å². The fourth-order valence-electron chi connectivity index (χ4n) is 5.73. The van der Waals surface area contributed by atoms with Crippen LogP contribution in [0, 0.1) is 0 Å². The lowest BCUT2D eigenvalue weighted by Gasteiger charge is -2.08. The molecule has 0 fully saturated rings. The molecule has 0 spiro atoms. The number of para-hydroxylation sites is 2. The van der Waals surface area contributed by atoms with E-state index in [1.54, 1.807) is 0 Å². The van der Waals surface area contributed by atoms with Gasteiger partial charge in [-0.25, -0.2) is 0 Å². The second kappa shape index (κ2) is 8.17. The van der Waals surface area contributed by atoms with Crippen molar-refractivity contribution in [1.82, 2.24) is 9.55 Å². The predicted octanol–water partition coefficient (Wildman–Crippen LogP) is 7.98. The molecular formula is C33H27BN2. The van der Waals surface area contributed by atoms with Gasteiger partial charge in [-0.15, -0.1) is 0 Å². The van der Waals surface area contributed by atoms with Crippen molar-refractivity contribution in [2.75, 3.05) is 0 Å². The Hall–Kier alpha value is -4.24. The average molecular weight is 462 g/mol. The molecule has 5 aromatic carbocycles. The number of aromatic amines is 1. The number of benzene rings is 5. The molecule has 0 amide bonds. The first-order valence-corrected chi connectivity index (χ1v) is 12.8. The van der Waals surface area contributed by atoms with E-state index in [0.717, 1.165) is 7.28 Å². The molecule has 2 heterocycles. The SMILES string of the molecule is CC(C)Bc1ccc2c(c1)c1cc(-c3ccc4[nH]c5ccccc5c4c3)ccc1n2-c1ccccc1. The summed E-state index contributed by atoms with van der Waals surface area (Å²) in [5.41, 5.74) is 9.95. The Labute approximate surface area is 211 Å². The van der Waals surface area contributed by atoms with Crippen molar-refractivity contribution in [2.24, 2.45) is 0 Å². The Kier molecular flexibility index (Phi) is 4.78. The van der Waals surface area contributed by atoms with E-state index in [4.69, 9.17) is 0 Å². The molecule has 0 radical (unpaired) electrons. The molecular weight excluding hydrogens is 435 g/mol. The molecule has 0 aliphatic carbocycles. The number of nitrogens with zero attached hydrogens (tertiary/aromatic N) is 1. The quantitative estimate of drug-likeness (QED) is 0.256. The third-order valence-corrected chi connectivity index (χ3v) is 7.33. The number of aromatic nitrogens is 2. The average Bonchev–Trinajstić information content (AvgIpc) is 3.43. The van der Waals surface area contributed by atoms with Crippen molar-refractivity contribution >= 4 is 56.4 Å². The summed E-state index contributed by atoms with van der Waals surface area (Å²) in [7, 11) is 1.09. The van der Waals surface area contributed by atoms with E-state index in [-0.39, 0.29) is 0 Å². The number of fused-ring (bicyclic) bond motifs is 6. The third-order valence-electron chi connectivity index (χ3n) is 7.33. The molecule has 3 heteroatoms. The summed E-state index contributed by atoms with van der Waals surface area (Å²) in [5, 5.41) is 5.17. The maximum Gasteiger partial charge on any atom is 0.160 e. The minimum Gasteiger partial charge on any atom is -0.355 e. The van der Waals surface area contributed by atoms with Crippen LogP contribution in [0.5, 0.6) is 0 Å². The van der Waals surface area contributed by atoms with Gasteiger partial charge in [-0.2, -0.15) is 0 Å². The highest BCUT2D eigenvalue weighted by Crippen LogP contribution is 2.36. The largest absolute Gasteiger partial charge is 0.355 e. The fraction of sp³-hybridized carbons (Fsp3) is 0.0909. The highest BCUT2D eigenvalue weighted by molar-refractivity contribution is 6.55. The van der Waals surface area contributed by atoms with Crippen LogP contribution in [0.2, 0.25) is 5.82 Å². The molecule has 2 nitrogen and oxygen atoms in total. The molecule has 36 heavy (non-hydrogen) atoms. The summed E-state index contributed by atoms with van der Waals surface area (Å²) < 4.78 is 2.40. The molecule has 0 atom stereocenters. The highest BCUT2D eigenvalue weighted by Gasteiger charge is 2.15. The van der Waals surface area contributed by atoms with Gasteiger partial charge in [-0.3, -0.25) is 0 Å². The van der Waals surface area contributed by atoms with Crippen LogP contribution in [-0.4, -0.2) is 16.8 Å². The van der Waals surface area contributed by atoms with Crippen molar-refractivity contribution in [3.05, 3.63) is 109 Å². The standard InChI is InChI=1S/C33H27BN2/c1-21(2)34-24-14-17-33-29(20-24)28-19-23(13-16-32(28)36(33)25-8-4-3-5-9-25)22-12-15-31-27(18-22)26-10-6-7-11-30(26)35-31/h3-21,34-35H,1-2H3. The number of hydrogen-bond acceptors (Lipinski definition) is 0. The summed E-state index contributed by atoms with van der Waals surface area (Å²) in [4.78, 5) is 3.55. The lowest BCUT2D eigenvalue weighted by atomic mass is 9.60. The van der Waals surface area contributed by atoms with Gasteiger partial charge in [0, 0.05) is 38.3 Å². The molecule has 2 aromatic heterocycles. The van der Waals surface area contributed by atoms with Crippen molar-refractivity contribution in [3.63, 3.8) is 0 Å². The van der Waals surface area contributed by atoms with Gasteiger partial charge in [-0.05, 0) is 59.7 Å². The first-order valence-electron chi connectivity index (χ1n) is 12.8. The monoisotopic (exact) mass is 462 g/mol. The number of hydrogen-bond donors (Lipinski definition) is 1. The minimum absolute atomic E-state index is 0.628. The van der Waals surface area contributed by atoms with Gasteiger partial charge in [0.25, 0.3) is 0 Å². The minimum atomic E-state index is 0.628. The van der Waals surface area contributed by atoms with Crippen LogP contribution in [0.4, 0.5) is 0 Å². The Morgan fingerprint density at radius 3 is 2.03 bits per heavy atom. The Balaban J connectivity index is 1.47. The molecule has 0 saturated heterocycles. The van der Waals surface area contributed by atoms with Crippen LogP contribution >= 0.6 is 0 Å². The van der Waals surface area contributed by atoms with Crippen molar-refractivity contribution in [1.29, 1.82) is 0 Å². The smallest absolute Gasteiger partial charge is 0.160 e. The zero-order valence-electron chi connectivity index (χ0n) is 20.6. The van der Waals surface area contributed by atoms with Gasteiger partial charge in [0.05, 0.1) is 11.0 Å². The molecule has 7 aromatic rings. The van der Waals surface area contributed by atoms with Crippen LogP contribution in [0.3, 0.4) is 0 Å². The molecule has 0 saturated carbocycles.